The standard InChI is InChI=1S/C23H24N2O4S/c1-17-12-13-19(16-21(17)25-30(27,28)20-9-4-3-5-10-20)23(26)24-14-15-29-22-11-7-6-8-18(22)2/h3-13,16,25H,14-15H2,1-2H3,(H,24,26). The van der Waals surface area contributed by atoms with Gasteiger partial charge in [-0.15, -0.1) is 0 Å². The van der Waals surface area contributed by atoms with Gasteiger partial charge in [-0.05, 0) is 55.3 Å². The monoisotopic (exact) mass is 424 g/mol. The lowest BCUT2D eigenvalue weighted by molar-refractivity contribution is 0.0947. The molecule has 0 fully saturated rings. The number of hydrogen-bond donors (Lipinski definition) is 2. The third kappa shape index (κ3) is 5.39. The highest BCUT2D eigenvalue weighted by atomic mass is 32.2. The van der Waals surface area contributed by atoms with Gasteiger partial charge in [0, 0.05) is 5.56 Å². The Bertz CT molecular complexity index is 1130. The smallest absolute Gasteiger partial charge is 0.261 e. The largest absolute Gasteiger partial charge is 0.491 e. The van der Waals surface area contributed by atoms with Crippen molar-refractivity contribution < 1.29 is 17.9 Å². The number of rotatable bonds is 8. The first-order chi connectivity index (χ1) is 14.4. The van der Waals surface area contributed by atoms with E-state index >= 15 is 0 Å². The van der Waals surface area contributed by atoms with E-state index in [0.717, 1.165) is 11.3 Å². The average molecular weight is 425 g/mol. The predicted octanol–water partition coefficient (Wildman–Crippen LogP) is 3.91. The Morgan fingerprint density at radius 3 is 2.33 bits per heavy atom. The van der Waals surface area contributed by atoms with Crippen molar-refractivity contribution in [3.8, 4) is 5.75 Å². The maximum absolute atomic E-state index is 12.6. The van der Waals surface area contributed by atoms with Gasteiger partial charge in [-0.25, -0.2) is 8.42 Å². The van der Waals surface area contributed by atoms with Crippen molar-refractivity contribution in [2.75, 3.05) is 17.9 Å². The average Bonchev–Trinajstić information content (AvgIpc) is 2.74. The van der Waals surface area contributed by atoms with E-state index < -0.39 is 10.0 Å². The Morgan fingerprint density at radius 1 is 0.900 bits per heavy atom. The van der Waals surface area contributed by atoms with E-state index in [4.69, 9.17) is 4.74 Å². The van der Waals surface area contributed by atoms with E-state index in [2.05, 4.69) is 10.0 Å². The minimum Gasteiger partial charge on any atom is -0.491 e. The van der Waals surface area contributed by atoms with Gasteiger partial charge in [-0.1, -0.05) is 42.5 Å². The molecule has 0 bridgehead atoms. The van der Waals surface area contributed by atoms with Crippen molar-refractivity contribution >= 4 is 21.6 Å². The van der Waals surface area contributed by atoms with Crippen LogP contribution in [0.2, 0.25) is 0 Å². The summed E-state index contributed by atoms with van der Waals surface area (Å²) in [4.78, 5) is 12.6. The quantitative estimate of drug-likeness (QED) is 0.537. The summed E-state index contributed by atoms with van der Waals surface area (Å²) in [6, 6.07) is 20.7. The molecule has 156 valence electrons. The third-order valence-corrected chi connectivity index (χ3v) is 5.92. The van der Waals surface area contributed by atoms with Crippen LogP contribution in [0, 0.1) is 13.8 Å². The molecule has 0 unspecified atom stereocenters. The van der Waals surface area contributed by atoms with Gasteiger partial charge < -0.3 is 10.1 Å². The maximum atomic E-state index is 12.6. The van der Waals surface area contributed by atoms with Gasteiger partial charge >= 0.3 is 0 Å². The highest BCUT2D eigenvalue weighted by Crippen LogP contribution is 2.21. The summed E-state index contributed by atoms with van der Waals surface area (Å²) in [6.45, 7) is 4.39. The van der Waals surface area contributed by atoms with E-state index in [0.29, 0.717) is 30.0 Å². The first kappa shape index (κ1) is 21.4. The van der Waals surface area contributed by atoms with Crippen molar-refractivity contribution in [1.82, 2.24) is 5.32 Å². The van der Waals surface area contributed by atoms with E-state index in [1.807, 2.05) is 31.2 Å². The van der Waals surface area contributed by atoms with Gasteiger partial charge in [0.05, 0.1) is 17.1 Å². The number of benzene rings is 3. The molecule has 3 aromatic carbocycles. The summed E-state index contributed by atoms with van der Waals surface area (Å²) in [6.07, 6.45) is 0. The molecule has 0 atom stereocenters. The van der Waals surface area contributed by atoms with Crippen LogP contribution < -0.4 is 14.8 Å². The van der Waals surface area contributed by atoms with Crippen LogP contribution in [0.3, 0.4) is 0 Å². The molecule has 0 heterocycles. The van der Waals surface area contributed by atoms with E-state index in [9.17, 15) is 13.2 Å². The normalized spacial score (nSPS) is 11.0. The van der Waals surface area contributed by atoms with Gasteiger partial charge in [0.15, 0.2) is 0 Å². The lowest BCUT2D eigenvalue weighted by Crippen LogP contribution is -2.28. The molecule has 0 aliphatic heterocycles. The van der Waals surface area contributed by atoms with E-state index in [1.165, 1.54) is 18.2 Å². The number of carbonyl (C=O) groups is 1. The molecule has 6 nitrogen and oxygen atoms in total. The number of hydrogen-bond acceptors (Lipinski definition) is 4. The third-order valence-electron chi connectivity index (χ3n) is 4.54. The molecule has 0 aromatic heterocycles. The van der Waals surface area contributed by atoms with Crippen LogP contribution in [0.5, 0.6) is 5.75 Å². The van der Waals surface area contributed by atoms with E-state index in [1.54, 1.807) is 37.3 Å². The number of carbonyl (C=O) groups excluding carboxylic acids is 1. The summed E-state index contributed by atoms with van der Waals surface area (Å²) < 4.78 is 33.4. The molecule has 0 aliphatic rings. The molecule has 3 aromatic rings. The SMILES string of the molecule is Cc1ccc(C(=O)NCCOc2ccccc2C)cc1NS(=O)(=O)c1ccccc1. The molecule has 0 radical (unpaired) electrons. The van der Waals surface area contributed by atoms with Crippen LogP contribution >= 0.6 is 0 Å². The Morgan fingerprint density at radius 2 is 1.60 bits per heavy atom. The van der Waals surface area contributed by atoms with Crippen molar-refractivity contribution in [2.24, 2.45) is 0 Å². The maximum Gasteiger partial charge on any atom is 0.261 e. The number of amides is 1. The minimum atomic E-state index is -3.74. The summed E-state index contributed by atoms with van der Waals surface area (Å²) in [5.41, 5.74) is 2.47. The summed E-state index contributed by atoms with van der Waals surface area (Å²) in [5, 5.41) is 2.79. The second-order valence-corrected chi connectivity index (χ2v) is 8.50. The fraction of sp³-hybridized carbons (Fsp3) is 0.174. The van der Waals surface area contributed by atoms with Crippen LogP contribution in [-0.2, 0) is 10.0 Å². The predicted molar refractivity (Wildman–Crippen MR) is 117 cm³/mol. The summed E-state index contributed by atoms with van der Waals surface area (Å²) in [7, 11) is -3.74. The number of para-hydroxylation sites is 1. The lowest BCUT2D eigenvalue weighted by atomic mass is 10.1. The molecule has 2 N–H and O–H groups in total. The Hall–Kier alpha value is -3.32. The van der Waals surface area contributed by atoms with Crippen molar-refractivity contribution in [1.29, 1.82) is 0 Å². The topological polar surface area (TPSA) is 84.5 Å². The molecule has 0 spiro atoms. The van der Waals surface area contributed by atoms with Crippen molar-refractivity contribution in [3.63, 3.8) is 0 Å². The lowest BCUT2D eigenvalue weighted by Gasteiger charge is -2.13. The molecule has 7 heteroatoms. The fourth-order valence-corrected chi connectivity index (χ4v) is 3.97. The van der Waals surface area contributed by atoms with Gasteiger partial charge in [-0.2, -0.15) is 0 Å². The number of ether oxygens (including phenoxy) is 1. The summed E-state index contributed by atoms with van der Waals surface area (Å²) in [5.74, 6) is 0.475. The van der Waals surface area contributed by atoms with Crippen molar-refractivity contribution in [2.45, 2.75) is 18.7 Å². The molecule has 0 aliphatic carbocycles. The number of aryl methyl sites for hydroxylation is 2. The number of anilines is 1. The highest BCUT2D eigenvalue weighted by Gasteiger charge is 2.16. The summed E-state index contributed by atoms with van der Waals surface area (Å²) >= 11 is 0. The van der Waals surface area contributed by atoms with Gasteiger partial charge in [0.1, 0.15) is 12.4 Å². The molecule has 30 heavy (non-hydrogen) atoms. The van der Waals surface area contributed by atoms with Crippen LogP contribution in [0.25, 0.3) is 0 Å². The second-order valence-electron chi connectivity index (χ2n) is 6.82. The van der Waals surface area contributed by atoms with Crippen LogP contribution in [0.1, 0.15) is 21.5 Å². The zero-order valence-electron chi connectivity index (χ0n) is 16.9. The Labute approximate surface area is 177 Å². The molecule has 0 saturated carbocycles. The Kier molecular flexibility index (Phi) is 6.74. The molecular weight excluding hydrogens is 400 g/mol. The number of sulfonamides is 1. The van der Waals surface area contributed by atoms with E-state index in [-0.39, 0.29) is 10.8 Å². The first-order valence-electron chi connectivity index (χ1n) is 9.52. The molecule has 1 amide bonds. The highest BCUT2D eigenvalue weighted by molar-refractivity contribution is 7.92. The molecule has 0 saturated heterocycles. The zero-order valence-corrected chi connectivity index (χ0v) is 17.7. The van der Waals surface area contributed by atoms with Gasteiger partial charge in [0.2, 0.25) is 0 Å². The molecular formula is C23H24N2O4S. The minimum absolute atomic E-state index is 0.160. The number of nitrogens with one attached hydrogen (secondary N) is 2. The van der Waals surface area contributed by atoms with Crippen molar-refractivity contribution in [3.05, 3.63) is 89.5 Å². The van der Waals surface area contributed by atoms with Crippen LogP contribution in [-0.4, -0.2) is 27.5 Å². The van der Waals surface area contributed by atoms with Gasteiger partial charge in [0.25, 0.3) is 15.9 Å². The van der Waals surface area contributed by atoms with Crippen LogP contribution in [0.15, 0.2) is 77.7 Å². The van der Waals surface area contributed by atoms with Crippen LogP contribution in [0.4, 0.5) is 5.69 Å². The Balaban J connectivity index is 1.63. The molecule has 3 rings (SSSR count). The fourth-order valence-electron chi connectivity index (χ4n) is 2.82. The van der Waals surface area contributed by atoms with Gasteiger partial charge in [-0.3, -0.25) is 9.52 Å². The zero-order chi connectivity index (χ0) is 21.6. The first-order valence-corrected chi connectivity index (χ1v) is 11.0. The second kappa shape index (κ2) is 9.45.